The molecule has 0 bridgehead atoms. The summed E-state index contributed by atoms with van der Waals surface area (Å²) >= 11 is 0. The molecule has 0 radical (unpaired) electrons. The Hall–Kier alpha value is -2.97. The monoisotopic (exact) mass is 243 g/mol. The van der Waals surface area contributed by atoms with E-state index in [9.17, 15) is 5.26 Å². The molecule has 0 N–H and O–H groups in total. The number of hydrogen-bond donors (Lipinski definition) is 0. The summed E-state index contributed by atoms with van der Waals surface area (Å²) in [7, 11) is 0. The number of fused-ring (bicyclic) bond motifs is 1. The first kappa shape index (κ1) is 11.1. The van der Waals surface area contributed by atoms with E-state index in [4.69, 9.17) is 4.42 Å². The zero-order valence-corrected chi connectivity index (χ0v) is 10.1. The third-order valence-electron chi connectivity index (χ3n) is 2.80. The Morgan fingerprint density at radius 1 is 0.842 bits per heavy atom. The lowest BCUT2D eigenvalue weighted by Gasteiger charge is -1.86. The number of benzene rings is 2. The van der Waals surface area contributed by atoms with Crippen LogP contribution in [0.15, 0.2) is 59.0 Å². The van der Waals surface area contributed by atoms with Crippen LogP contribution in [-0.2, 0) is 0 Å². The summed E-state index contributed by atoms with van der Waals surface area (Å²) in [4.78, 5) is 0. The van der Waals surface area contributed by atoms with Crippen LogP contribution in [0.25, 0.3) is 11.0 Å². The molecule has 0 saturated heterocycles. The Kier molecular flexibility index (Phi) is 2.77. The van der Waals surface area contributed by atoms with Gasteiger partial charge in [0.2, 0.25) is 0 Å². The molecule has 0 saturated carbocycles. The number of rotatable bonds is 0. The van der Waals surface area contributed by atoms with Gasteiger partial charge in [0.25, 0.3) is 0 Å². The minimum atomic E-state index is 0.424. The van der Waals surface area contributed by atoms with E-state index in [1.54, 1.807) is 0 Å². The lowest BCUT2D eigenvalue weighted by Crippen LogP contribution is -1.77. The Morgan fingerprint density at radius 3 is 2.37 bits per heavy atom. The highest BCUT2D eigenvalue weighted by molar-refractivity contribution is 5.86. The highest BCUT2D eigenvalue weighted by Crippen LogP contribution is 2.24. The second-order valence-electron chi connectivity index (χ2n) is 4.03. The van der Waals surface area contributed by atoms with E-state index in [0.717, 1.165) is 10.9 Å². The summed E-state index contributed by atoms with van der Waals surface area (Å²) in [6, 6.07) is 19.2. The number of furan rings is 1. The van der Waals surface area contributed by atoms with Gasteiger partial charge < -0.3 is 4.42 Å². The maximum absolute atomic E-state index is 9.22. The number of nitriles is 1. The Morgan fingerprint density at radius 2 is 1.58 bits per heavy atom. The molecule has 0 atom stereocenters. The first-order valence-electron chi connectivity index (χ1n) is 5.87. The van der Waals surface area contributed by atoms with E-state index in [1.165, 1.54) is 0 Å². The van der Waals surface area contributed by atoms with E-state index in [-0.39, 0.29) is 0 Å². The largest absolute Gasteiger partial charge is 0.446 e. The van der Waals surface area contributed by atoms with Gasteiger partial charge in [-0.3, -0.25) is 0 Å². The summed E-state index contributed by atoms with van der Waals surface area (Å²) in [5.74, 6) is 6.36. The quantitative estimate of drug-likeness (QED) is 0.564. The van der Waals surface area contributed by atoms with Crippen molar-refractivity contribution in [2.24, 2.45) is 0 Å². The first-order valence-corrected chi connectivity index (χ1v) is 5.87. The van der Waals surface area contributed by atoms with Gasteiger partial charge in [0, 0.05) is 10.9 Å². The van der Waals surface area contributed by atoms with Crippen molar-refractivity contribution >= 4 is 11.0 Å². The summed E-state index contributed by atoms with van der Waals surface area (Å²) < 4.78 is 5.62. The smallest absolute Gasteiger partial charge is 0.196 e. The van der Waals surface area contributed by atoms with Crippen molar-refractivity contribution < 1.29 is 4.42 Å². The van der Waals surface area contributed by atoms with E-state index in [0.29, 0.717) is 16.9 Å². The summed E-state index contributed by atoms with van der Waals surface area (Å²) in [6.45, 7) is 0. The molecule has 3 rings (SSSR count). The lowest BCUT2D eigenvalue weighted by atomic mass is 10.1. The van der Waals surface area contributed by atoms with Crippen LogP contribution in [0.2, 0.25) is 0 Å². The van der Waals surface area contributed by atoms with Crippen LogP contribution in [0.5, 0.6) is 0 Å². The third kappa shape index (κ3) is 2.08. The maximum atomic E-state index is 9.22. The zero-order valence-electron chi connectivity index (χ0n) is 10.1. The minimum absolute atomic E-state index is 0.424. The molecule has 2 aromatic carbocycles. The van der Waals surface area contributed by atoms with E-state index < -0.39 is 0 Å². The molecule has 0 fully saturated rings. The molecule has 0 aliphatic heterocycles. The van der Waals surface area contributed by atoms with E-state index >= 15 is 0 Å². The van der Waals surface area contributed by atoms with Crippen LogP contribution in [0.3, 0.4) is 0 Å². The Bertz CT molecular complexity index is 826. The van der Waals surface area contributed by atoms with Crippen molar-refractivity contribution in [2.75, 3.05) is 0 Å². The van der Waals surface area contributed by atoms with Gasteiger partial charge in [-0.15, -0.1) is 0 Å². The van der Waals surface area contributed by atoms with Crippen LogP contribution in [-0.4, -0.2) is 0 Å². The van der Waals surface area contributed by atoms with Crippen molar-refractivity contribution in [1.82, 2.24) is 0 Å². The highest BCUT2D eigenvalue weighted by Gasteiger charge is 2.10. The third-order valence-corrected chi connectivity index (χ3v) is 2.80. The number of nitrogens with zero attached hydrogens (tertiary/aromatic N) is 1. The fraction of sp³-hybridized carbons (Fsp3) is 0. The fourth-order valence-electron chi connectivity index (χ4n) is 1.89. The lowest BCUT2D eigenvalue weighted by molar-refractivity contribution is 0.600. The summed E-state index contributed by atoms with van der Waals surface area (Å²) in [5.41, 5.74) is 2.09. The van der Waals surface area contributed by atoms with Crippen molar-refractivity contribution in [1.29, 1.82) is 5.26 Å². The molecule has 1 aromatic heterocycles. The summed E-state index contributed by atoms with van der Waals surface area (Å²) in [6.07, 6.45) is 0. The minimum Gasteiger partial charge on any atom is -0.446 e. The molecule has 0 aliphatic carbocycles. The second-order valence-corrected chi connectivity index (χ2v) is 4.03. The Labute approximate surface area is 110 Å². The molecule has 1 heterocycles. The van der Waals surface area contributed by atoms with E-state index in [2.05, 4.69) is 17.9 Å². The van der Waals surface area contributed by atoms with Gasteiger partial charge in [0.15, 0.2) is 5.76 Å². The van der Waals surface area contributed by atoms with Gasteiger partial charge >= 0.3 is 0 Å². The van der Waals surface area contributed by atoms with Gasteiger partial charge in [-0.1, -0.05) is 36.3 Å². The maximum Gasteiger partial charge on any atom is 0.196 e. The van der Waals surface area contributed by atoms with Gasteiger partial charge in [0.05, 0.1) is 0 Å². The second kappa shape index (κ2) is 4.72. The van der Waals surface area contributed by atoms with Crippen molar-refractivity contribution in [3.05, 3.63) is 71.5 Å². The molecule has 0 aliphatic rings. The van der Waals surface area contributed by atoms with Crippen LogP contribution in [0, 0.1) is 23.2 Å². The number of para-hydroxylation sites is 1. The summed E-state index contributed by atoms with van der Waals surface area (Å²) in [5, 5.41) is 10.0. The van der Waals surface area contributed by atoms with Crippen molar-refractivity contribution in [3.8, 4) is 17.9 Å². The molecular formula is C17H9NO. The Balaban J connectivity index is 2.12. The number of hydrogen-bond acceptors (Lipinski definition) is 2. The van der Waals surface area contributed by atoms with Gasteiger partial charge in [0.1, 0.15) is 17.2 Å². The molecule has 19 heavy (non-hydrogen) atoms. The highest BCUT2D eigenvalue weighted by atomic mass is 16.3. The zero-order chi connectivity index (χ0) is 13.1. The van der Waals surface area contributed by atoms with Crippen LogP contribution in [0.1, 0.15) is 16.9 Å². The molecule has 3 aromatic rings. The molecule has 0 spiro atoms. The molecule has 2 nitrogen and oxygen atoms in total. The van der Waals surface area contributed by atoms with Crippen LogP contribution >= 0.6 is 0 Å². The fourth-order valence-corrected chi connectivity index (χ4v) is 1.89. The predicted molar refractivity (Wildman–Crippen MR) is 73.4 cm³/mol. The molecule has 2 heteroatoms. The standard InChI is InChI=1S/C17H9NO/c18-12-15-14-8-4-5-9-16(14)19-17(15)11-10-13-6-2-1-3-7-13/h1-9H. The first-order chi connectivity index (χ1) is 9.38. The van der Waals surface area contributed by atoms with Crippen molar-refractivity contribution in [2.45, 2.75) is 0 Å². The van der Waals surface area contributed by atoms with Gasteiger partial charge in [-0.05, 0) is 30.2 Å². The molecule has 88 valence electrons. The normalized spacial score (nSPS) is 9.63. The topological polar surface area (TPSA) is 36.9 Å². The van der Waals surface area contributed by atoms with Crippen molar-refractivity contribution in [3.63, 3.8) is 0 Å². The molecule has 0 unspecified atom stereocenters. The molecule has 0 amide bonds. The van der Waals surface area contributed by atoms with Crippen LogP contribution < -0.4 is 0 Å². The van der Waals surface area contributed by atoms with Gasteiger partial charge in [-0.25, -0.2) is 0 Å². The van der Waals surface area contributed by atoms with Gasteiger partial charge in [-0.2, -0.15) is 5.26 Å². The predicted octanol–water partition coefficient (Wildman–Crippen LogP) is 3.70. The van der Waals surface area contributed by atoms with E-state index in [1.807, 2.05) is 54.6 Å². The van der Waals surface area contributed by atoms with Crippen LogP contribution in [0.4, 0.5) is 0 Å². The average Bonchev–Trinajstić information content (AvgIpc) is 2.83. The average molecular weight is 243 g/mol. The SMILES string of the molecule is N#Cc1c(C#Cc2ccccc2)oc2ccccc12. The molecular weight excluding hydrogens is 234 g/mol.